The number of rotatable bonds is 8. The van der Waals surface area contributed by atoms with Crippen LogP contribution in [0.5, 0.6) is 0 Å². The average Bonchev–Trinajstić information content (AvgIpc) is 2.76. The molecule has 5 nitrogen and oxygen atoms in total. The van der Waals surface area contributed by atoms with Crippen molar-refractivity contribution < 1.29 is 9.59 Å². The van der Waals surface area contributed by atoms with Gasteiger partial charge in [0.2, 0.25) is 11.8 Å². The maximum Gasteiger partial charge on any atom is 0.243 e. The van der Waals surface area contributed by atoms with Crippen molar-refractivity contribution in [1.29, 1.82) is 0 Å². The van der Waals surface area contributed by atoms with Crippen LogP contribution in [0.1, 0.15) is 36.1 Å². The molecule has 0 saturated carbocycles. The molecular formula is C23H29N3O2S. The summed E-state index contributed by atoms with van der Waals surface area (Å²) in [5, 5.41) is 9.32. The van der Waals surface area contributed by atoms with Crippen LogP contribution in [0.3, 0.4) is 0 Å². The van der Waals surface area contributed by atoms with E-state index in [1.54, 1.807) is 11.8 Å². The van der Waals surface area contributed by atoms with Crippen molar-refractivity contribution in [3.8, 4) is 0 Å². The highest BCUT2D eigenvalue weighted by Gasteiger charge is 2.28. The maximum atomic E-state index is 12.9. The Labute approximate surface area is 177 Å². The van der Waals surface area contributed by atoms with Gasteiger partial charge in [-0.15, -0.1) is 0 Å². The van der Waals surface area contributed by atoms with Gasteiger partial charge in [0, 0.05) is 6.54 Å². The highest BCUT2D eigenvalue weighted by Crippen LogP contribution is 2.17. The van der Waals surface area contributed by atoms with Crippen LogP contribution in [-0.2, 0) is 22.6 Å². The molecule has 1 unspecified atom stereocenters. The molecule has 0 saturated heterocycles. The second-order valence-corrected chi connectivity index (χ2v) is 8.38. The van der Waals surface area contributed by atoms with E-state index in [4.69, 9.17) is 0 Å². The second-order valence-electron chi connectivity index (χ2n) is 7.39. The van der Waals surface area contributed by atoms with Crippen molar-refractivity contribution in [3.05, 3.63) is 71.3 Å². The van der Waals surface area contributed by atoms with E-state index >= 15 is 0 Å². The van der Waals surface area contributed by atoms with Crippen LogP contribution in [0.25, 0.3) is 0 Å². The lowest BCUT2D eigenvalue weighted by atomic mass is 9.95. The van der Waals surface area contributed by atoms with E-state index in [0.717, 1.165) is 11.3 Å². The van der Waals surface area contributed by atoms with Gasteiger partial charge in [0.1, 0.15) is 6.04 Å². The molecule has 29 heavy (non-hydrogen) atoms. The van der Waals surface area contributed by atoms with Crippen molar-refractivity contribution in [2.45, 2.75) is 44.4 Å². The molecule has 3 N–H and O–H groups in total. The highest BCUT2D eigenvalue weighted by atomic mass is 32.2. The maximum absolute atomic E-state index is 12.9. The molecule has 0 radical (unpaired) electrons. The molecule has 2 aromatic rings. The fraction of sp³-hybridized carbons (Fsp3) is 0.391. The standard InChI is InChI=1S/C23H29N3O2S/c1-16(17-8-4-3-5-9-17)25-22(27)20(12-13-29-2)26-23(28)21-14-18-10-6-7-11-19(18)15-24-21/h3-11,16,20-21,24H,12-15H2,1-2H3,(H,25,27)(H,26,28)/t16?,20-,21-/m0/s1. The topological polar surface area (TPSA) is 70.2 Å². The van der Waals surface area contributed by atoms with Gasteiger partial charge in [-0.3, -0.25) is 9.59 Å². The Morgan fingerprint density at radius 3 is 2.48 bits per heavy atom. The molecule has 1 heterocycles. The predicted octanol–water partition coefficient (Wildman–Crippen LogP) is 2.82. The molecular weight excluding hydrogens is 382 g/mol. The molecule has 3 atom stereocenters. The number of amides is 2. The van der Waals surface area contributed by atoms with Gasteiger partial charge in [-0.1, -0.05) is 54.6 Å². The molecule has 3 rings (SSSR count). The van der Waals surface area contributed by atoms with E-state index < -0.39 is 6.04 Å². The molecule has 0 fully saturated rings. The van der Waals surface area contributed by atoms with Crippen LogP contribution < -0.4 is 16.0 Å². The Morgan fingerprint density at radius 1 is 1.07 bits per heavy atom. The zero-order chi connectivity index (χ0) is 20.6. The molecule has 1 aliphatic heterocycles. The Balaban J connectivity index is 1.62. The Hall–Kier alpha value is -2.31. The molecule has 6 heteroatoms. The summed E-state index contributed by atoms with van der Waals surface area (Å²) in [6.07, 6.45) is 3.24. The number of hydrogen-bond acceptors (Lipinski definition) is 4. The Bertz CT molecular complexity index is 828. The van der Waals surface area contributed by atoms with Crippen LogP contribution in [0.4, 0.5) is 0 Å². The SMILES string of the molecule is CSCC[C@H](NC(=O)[C@@H]1Cc2ccccc2CN1)C(=O)NC(C)c1ccccc1. The third-order valence-electron chi connectivity index (χ3n) is 5.30. The van der Waals surface area contributed by atoms with Crippen LogP contribution in [0.2, 0.25) is 0 Å². The normalized spacial score (nSPS) is 17.7. The molecule has 1 aliphatic rings. The van der Waals surface area contributed by atoms with Crippen LogP contribution >= 0.6 is 11.8 Å². The van der Waals surface area contributed by atoms with E-state index in [2.05, 4.69) is 28.1 Å². The largest absolute Gasteiger partial charge is 0.348 e. The molecule has 2 amide bonds. The molecule has 0 aromatic heterocycles. The van der Waals surface area contributed by atoms with Crippen LogP contribution in [-0.4, -0.2) is 35.9 Å². The average molecular weight is 412 g/mol. The lowest BCUT2D eigenvalue weighted by Gasteiger charge is -2.28. The summed E-state index contributed by atoms with van der Waals surface area (Å²) >= 11 is 1.67. The highest BCUT2D eigenvalue weighted by molar-refractivity contribution is 7.98. The third kappa shape index (κ3) is 5.84. The minimum Gasteiger partial charge on any atom is -0.348 e. The van der Waals surface area contributed by atoms with Gasteiger partial charge < -0.3 is 16.0 Å². The first-order chi connectivity index (χ1) is 14.1. The predicted molar refractivity (Wildman–Crippen MR) is 119 cm³/mol. The van der Waals surface area contributed by atoms with E-state index in [0.29, 0.717) is 19.4 Å². The van der Waals surface area contributed by atoms with E-state index in [-0.39, 0.29) is 23.9 Å². The Morgan fingerprint density at radius 2 is 1.76 bits per heavy atom. The summed E-state index contributed by atoms with van der Waals surface area (Å²) in [7, 11) is 0. The number of nitrogens with one attached hydrogen (secondary N) is 3. The molecule has 154 valence electrons. The van der Waals surface area contributed by atoms with E-state index in [1.807, 2.05) is 55.6 Å². The smallest absolute Gasteiger partial charge is 0.243 e. The Kier molecular flexibility index (Phi) is 7.72. The molecule has 2 aromatic carbocycles. The first-order valence-electron chi connectivity index (χ1n) is 10.0. The summed E-state index contributed by atoms with van der Waals surface area (Å²) < 4.78 is 0. The summed E-state index contributed by atoms with van der Waals surface area (Å²) in [6, 6.07) is 17.0. The van der Waals surface area contributed by atoms with Crippen molar-refractivity contribution in [2.75, 3.05) is 12.0 Å². The van der Waals surface area contributed by atoms with Gasteiger partial charge in [0.15, 0.2) is 0 Å². The number of thioether (sulfide) groups is 1. The van der Waals surface area contributed by atoms with Crippen LogP contribution in [0.15, 0.2) is 54.6 Å². The lowest BCUT2D eigenvalue weighted by molar-refractivity contribution is -0.130. The van der Waals surface area contributed by atoms with Crippen molar-refractivity contribution >= 4 is 23.6 Å². The molecule has 0 spiro atoms. The van der Waals surface area contributed by atoms with Gasteiger partial charge in [-0.05, 0) is 48.5 Å². The summed E-state index contributed by atoms with van der Waals surface area (Å²) in [5.41, 5.74) is 3.46. The zero-order valence-corrected chi connectivity index (χ0v) is 17.8. The summed E-state index contributed by atoms with van der Waals surface area (Å²) in [6.45, 7) is 2.63. The molecule has 0 bridgehead atoms. The number of carbonyl (C=O) groups excluding carboxylic acids is 2. The van der Waals surface area contributed by atoms with Gasteiger partial charge in [-0.25, -0.2) is 0 Å². The summed E-state index contributed by atoms with van der Waals surface area (Å²) in [4.78, 5) is 25.8. The van der Waals surface area contributed by atoms with Crippen molar-refractivity contribution in [1.82, 2.24) is 16.0 Å². The quantitative estimate of drug-likeness (QED) is 0.625. The van der Waals surface area contributed by atoms with Gasteiger partial charge in [0.05, 0.1) is 12.1 Å². The van der Waals surface area contributed by atoms with Crippen LogP contribution in [0, 0.1) is 0 Å². The zero-order valence-electron chi connectivity index (χ0n) is 17.0. The fourth-order valence-corrected chi connectivity index (χ4v) is 4.03. The number of fused-ring (bicyclic) bond motifs is 1. The van der Waals surface area contributed by atoms with Gasteiger partial charge in [0.25, 0.3) is 0 Å². The minimum absolute atomic E-state index is 0.114. The van der Waals surface area contributed by atoms with Crippen molar-refractivity contribution in [3.63, 3.8) is 0 Å². The fourth-order valence-electron chi connectivity index (χ4n) is 3.56. The lowest BCUT2D eigenvalue weighted by Crippen LogP contribution is -2.54. The summed E-state index contributed by atoms with van der Waals surface area (Å²) in [5.74, 6) is 0.548. The number of carbonyl (C=O) groups is 2. The first kappa shape index (κ1) is 21.4. The number of hydrogen-bond donors (Lipinski definition) is 3. The second kappa shape index (κ2) is 10.5. The van der Waals surface area contributed by atoms with Crippen molar-refractivity contribution in [2.24, 2.45) is 0 Å². The monoisotopic (exact) mass is 411 g/mol. The third-order valence-corrected chi connectivity index (χ3v) is 5.94. The molecule has 0 aliphatic carbocycles. The van der Waals surface area contributed by atoms with Gasteiger partial charge >= 0.3 is 0 Å². The number of benzene rings is 2. The first-order valence-corrected chi connectivity index (χ1v) is 11.4. The van der Waals surface area contributed by atoms with Gasteiger partial charge in [-0.2, -0.15) is 11.8 Å². The van der Waals surface area contributed by atoms with E-state index in [1.165, 1.54) is 11.1 Å². The van der Waals surface area contributed by atoms with E-state index in [9.17, 15) is 9.59 Å². The minimum atomic E-state index is -0.542.